The van der Waals surface area contributed by atoms with E-state index in [0.717, 1.165) is 32.5 Å². The number of aryl methyl sites for hydroxylation is 2. The summed E-state index contributed by atoms with van der Waals surface area (Å²) in [5.74, 6) is -0.366. The Kier molecular flexibility index (Phi) is 5.60. The van der Waals surface area contributed by atoms with Crippen LogP contribution >= 0.6 is 34.5 Å². The first-order valence-electron chi connectivity index (χ1n) is 10.1. The lowest BCUT2D eigenvalue weighted by Crippen LogP contribution is -2.10. The SMILES string of the molecule is Cc1nc(C)c(-c2nn(-c3ccc(F)cc3)cc2C2CC(c3cc(Cl)cc(Cl)c3O)=NN2)s1. The number of halogens is 3. The standard InChI is InChI=1S/C23H18Cl2FN5OS/c1-11-23(33-12(2)27-11)21-17(10-31(30-21)15-5-3-14(26)4-6-15)20-9-19(28-29-20)16-7-13(24)8-18(25)22(16)32/h3-8,10,20,29,32H,9H2,1-2H3. The maximum absolute atomic E-state index is 13.4. The molecule has 1 aliphatic heterocycles. The highest BCUT2D eigenvalue weighted by Crippen LogP contribution is 2.39. The maximum Gasteiger partial charge on any atom is 0.143 e. The van der Waals surface area contributed by atoms with Gasteiger partial charge < -0.3 is 10.5 Å². The number of benzene rings is 2. The maximum atomic E-state index is 13.4. The minimum absolute atomic E-state index is 0.0570. The highest BCUT2D eigenvalue weighted by atomic mass is 35.5. The molecule has 2 aromatic carbocycles. The van der Waals surface area contributed by atoms with E-state index in [1.165, 1.54) is 18.2 Å². The minimum Gasteiger partial charge on any atom is -0.506 e. The normalized spacial score (nSPS) is 15.5. The molecule has 2 N–H and O–H groups in total. The van der Waals surface area contributed by atoms with Gasteiger partial charge in [-0.1, -0.05) is 23.2 Å². The fraction of sp³-hybridized carbons (Fsp3) is 0.174. The molecule has 5 rings (SSSR count). The van der Waals surface area contributed by atoms with Crippen molar-refractivity contribution >= 4 is 40.3 Å². The van der Waals surface area contributed by atoms with Crippen LogP contribution in [0.3, 0.4) is 0 Å². The lowest BCUT2D eigenvalue weighted by Gasteiger charge is -2.10. The monoisotopic (exact) mass is 501 g/mol. The third-order valence-electron chi connectivity index (χ3n) is 5.42. The molecule has 10 heteroatoms. The molecular weight excluding hydrogens is 484 g/mol. The topological polar surface area (TPSA) is 75.3 Å². The van der Waals surface area contributed by atoms with Crippen LogP contribution in [0.4, 0.5) is 4.39 Å². The third-order valence-corrected chi connectivity index (χ3v) is 7.01. The van der Waals surface area contributed by atoms with Gasteiger partial charge >= 0.3 is 0 Å². The average molecular weight is 502 g/mol. The van der Waals surface area contributed by atoms with E-state index in [1.807, 2.05) is 20.0 Å². The zero-order valence-corrected chi connectivity index (χ0v) is 19.9. The summed E-state index contributed by atoms with van der Waals surface area (Å²) in [6, 6.07) is 9.09. The number of aromatic nitrogens is 3. The molecule has 33 heavy (non-hydrogen) atoms. The highest BCUT2D eigenvalue weighted by molar-refractivity contribution is 7.15. The summed E-state index contributed by atoms with van der Waals surface area (Å²) in [6.07, 6.45) is 2.40. The zero-order chi connectivity index (χ0) is 23.3. The van der Waals surface area contributed by atoms with Crippen LogP contribution in [0.1, 0.15) is 34.3 Å². The van der Waals surface area contributed by atoms with Gasteiger partial charge in [-0.3, -0.25) is 0 Å². The lowest BCUT2D eigenvalue weighted by atomic mass is 9.98. The number of nitrogens with zero attached hydrogens (tertiary/aromatic N) is 4. The predicted octanol–water partition coefficient (Wildman–Crippen LogP) is 6.20. The fourth-order valence-corrected chi connectivity index (χ4v) is 5.29. The Morgan fingerprint density at radius 2 is 1.94 bits per heavy atom. The molecule has 0 radical (unpaired) electrons. The first-order chi connectivity index (χ1) is 15.8. The number of thiazole rings is 1. The van der Waals surface area contributed by atoms with E-state index >= 15 is 0 Å². The van der Waals surface area contributed by atoms with Crippen molar-refractivity contribution in [2.45, 2.75) is 26.3 Å². The third kappa shape index (κ3) is 4.10. The number of aromatic hydroxyl groups is 1. The molecule has 0 aliphatic carbocycles. The fourth-order valence-electron chi connectivity index (χ4n) is 3.87. The summed E-state index contributed by atoms with van der Waals surface area (Å²) < 4.78 is 15.2. The van der Waals surface area contributed by atoms with Crippen molar-refractivity contribution in [2.24, 2.45) is 5.10 Å². The van der Waals surface area contributed by atoms with E-state index in [1.54, 1.807) is 34.2 Å². The first-order valence-corrected chi connectivity index (χ1v) is 11.7. The van der Waals surface area contributed by atoms with Crippen molar-refractivity contribution in [3.63, 3.8) is 0 Å². The first kappa shape index (κ1) is 21.9. The number of nitrogens with one attached hydrogen (secondary N) is 1. The van der Waals surface area contributed by atoms with Gasteiger partial charge in [-0.05, 0) is 50.2 Å². The van der Waals surface area contributed by atoms with E-state index in [4.69, 9.17) is 28.3 Å². The Morgan fingerprint density at radius 3 is 2.64 bits per heavy atom. The van der Waals surface area contributed by atoms with Gasteiger partial charge in [0.2, 0.25) is 0 Å². The molecule has 0 amide bonds. The van der Waals surface area contributed by atoms with Crippen LogP contribution in [-0.2, 0) is 0 Å². The zero-order valence-electron chi connectivity index (χ0n) is 17.6. The molecule has 168 valence electrons. The van der Waals surface area contributed by atoms with Crippen molar-refractivity contribution in [1.82, 2.24) is 20.2 Å². The summed E-state index contributed by atoms with van der Waals surface area (Å²) in [5, 5.41) is 21.2. The van der Waals surface area contributed by atoms with Crippen molar-refractivity contribution in [3.8, 4) is 22.0 Å². The Bertz CT molecular complexity index is 1400. The molecule has 1 atom stereocenters. The van der Waals surface area contributed by atoms with Gasteiger partial charge in [0.05, 0.1) is 38.0 Å². The van der Waals surface area contributed by atoms with Gasteiger partial charge in [0.25, 0.3) is 0 Å². The second-order valence-electron chi connectivity index (χ2n) is 7.73. The number of phenols is 1. The molecule has 1 aliphatic rings. The van der Waals surface area contributed by atoms with Gasteiger partial charge in [0, 0.05) is 28.8 Å². The smallest absolute Gasteiger partial charge is 0.143 e. The van der Waals surface area contributed by atoms with Crippen LogP contribution in [0.15, 0.2) is 47.7 Å². The highest BCUT2D eigenvalue weighted by Gasteiger charge is 2.29. The molecule has 3 heterocycles. The average Bonchev–Trinajstić information content (AvgIpc) is 3.49. The Hall–Kier alpha value is -2.94. The van der Waals surface area contributed by atoms with Gasteiger partial charge in [0.1, 0.15) is 17.3 Å². The largest absolute Gasteiger partial charge is 0.506 e. The Morgan fingerprint density at radius 1 is 1.18 bits per heavy atom. The van der Waals surface area contributed by atoms with Crippen LogP contribution in [0.5, 0.6) is 5.75 Å². The molecule has 2 aromatic heterocycles. The molecular formula is C23H18Cl2FN5OS. The summed E-state index contributed by atoms with van der Waals surface area (Å²) in [6.45, 7) is 3.91. The van der Waals surface area contributed by atoms with Gasteiger partial charge in [0.15, 0.2) is 0 Å². The molecule has 0 saturated carbocycles. The number of hydrogen-bond donors (Lipinski definition) is 2. The van der Waals surface area contributed by atoms with Crippen molar-refractivity contribution < 1.29 is 9.50 Å². The molecule has 4 aromatic rings. The molecule has 0 saturated heterocycles. The van der Waals surface area contributed by atoms with Crippen LogP contribution < -0.4 is 5.43 Å². The quantitative estimate of drug-likeness (QED) is 0.348. The predicted molar refractivity (Wildman–Crippen MR) is 129 cm³/mol. The van der Waals surface area contributed by atoms with Crippen molar-refractivity contribution in [2.75, 3.05) is 0 Å². The van der Waals surface area contributed by atoms with Crippen LogP contribution in [0.25, 0.3) is 16.3 Å². The van der Waals surface area contributed by atoms with Gasteiger partial charge in [-0.25, -0.2) is 14.1 Å². The Balaban J connectivity index is 1.55. The van der Waals surface area contributed by atoms with Crippen LogP contribution in [0.2, 0.25) is 10.0 Å². The summed E-state index contributed by atoms with van der Waals surface area (Å²) in [7, 11) is 0. The summed E-state index contributed by atoms with van der Waals surface area (Å²) in [4.78, 5) is 5.52. The van der Waals surface area contributed by atoms with E-state index in [0.29, 0.717) is 22.7 Å². The lowest BCUT2D eigenvalue weighted by molar-refractivity contribution is 0.474. The van der Waals surface area contributed by atoms with Gasteiger partial charge in [-0.15, -0.1) is 11.3 Å². The van der Waals surface area contributed by atoms with E-state index in [-0.39, 0.29) is 22.6 Å². The minimum atomic E-state index is -0.309. The molecule has 0 fully saturated rings. The second-order valence-corrected chi connectivity index (χ2v) is 9.78. The summed E-state index contributed by atoms with van der Waals surface area (Å²) in [5.41, 5.74) is 7.61. The summed E-state index contributed by atoms with van der Waals surface area (Å²) >= 11 is 13.8. The molecule has 6 nitrogen and oxygen atoms in total. The molecule has 0 spiro atoms. The Labute approximate surface area is 203 Å². The molecule has 0 bridgehead atoms. The van der Waals surface area contributed by atoms with Crippen LogP contribution in [0, 0.1) is 19.7 Å². The van der Waals surface area contributed by atoms with E-state index in [9.17, 15) is 9.50 Å². The number of hydrogen-bond acceptors (Lipinski definition) is 6. The number of hydrazone groups is 1. The second kappa shape index (κ2) is 8.44. The van der Waals surface area contributed by atoms with Gasteiger partial charge in [-0.2, -0.15) is 10.2 Å². The number of rotatable bonds is 4. The van der Waals surface area contributed by atoms with E-state index < -0.39 is 0 Å². The van der Waals surface area contributed by atoms with E-state index in [2.05, 4.69) is 15.5 Å². The van der Waals surface area contributed by atoms with Crippen molar-refractivity contribution in [1.29, 1.82) is 0 Å². The van der Waals surface area contributed by atoms with Crippen LogP contribution in [-0.4, -0.2) is 25.6 Å². The number of phenolic OH excluding ortho intramolecular Hbond substituents is 1. The molecule has 1 unspecified atom stereocenters. The van der Waals surface area contributed by atoms with Crippen molar-refractivity contribution in [3.05, 3.63) is 80.3 Å².